The van der Waals surface area contributed by atoms with Gasteiger partial charge < -0.3 is 19.4 Å². The number of hydrogen-bond donors (Lipinski definition) is 1. The molecule has 1 aromatic heterocycles. The molecule has 0 bridgehead atoms. The maximum absolute atomic E-state index is 12.7. The van der Waals surface area contributed by atoms with E-state index in [0.717, 1.165) is 12.8 Å². The van der Waals surface area contributed by atoms with Crippen LogP contribution in [0.2, 0.25) is 0 Å². The average molecular weight is 322 g/mol. The van der Waals surface area contributed by atoms with Crippen molar-refractivity contribution in [2.75, 3.05) is 26.8 Å². The Morgan fingerprint density at radius 2 is 2.22 bits per heavy atom. The molecule has 0 radical (unpaired) electrons. The van der Waals surface area contributed by atoms with Crippen LogP contribution in [0.3, 0.4) is 0 Å². The minimum Gasteiger partial charge on any atom is -0.469 e. The second-order valence-corrected chi connectivity index (χ2v) is 5.60. The van der Waals surface area contributed by atoms with E-state index in [1.165, 1.54) is 18.1 Å². The number of pyridine rings is 1. The van der Waals surface area contributed by atoms with Crippen LogP contribution in [0.1, 0.15) is 35.3 Å². The zero-order chi connectivity index (χ0) is 16.8. The monoisotopic (exact) mass is 322 g/mol. The number of carbonyl (C=O) groups excluding carboxylic acids is 2. The van der Waals surface area contributed by atoms with Gasteiger partial charge in [-0.05, 0) is 31.9 Å². The molecule has 0 saturated carbocycles. The Morgan fingerprint density at radius 1 is 1.43 bits per heavy atom. The third kappa shape index (κ3) is 4.66. The summed E-state index contributed by atoms with van der Waals surface area (Å²) in [6, 6.07) is 3.19. The van der Waals surface area contributed by atoms with E-state index < -0.39 is 17.4 Å². The molecule has 0 aliphatic carbocycles. The molecule has 2 rings (SSSR count). The highest BCUT2D eigenvalue weighted by Crippen LogP contribution is 2.15. The molecular formula is C16H22N2O5. The quantitative estimate of drug-likeness (QED) is 0.785. The summed E-state index contributed by atoms with van der Waals surface area (Å²) in [4.78, 5) is 40.1. The minimum absolute atomic E-state index is 0.0545. The van der Waals surface area contributed by atoms with E-state index in [0.29, 0.717) is 18.8 Å². The summed E-state index contributed by atoms with van der Waals surface area (Å²) in [7, 11) is 1.30. The lowest BCUT2D eigenvalue weighted by molar-refractivity contribution is -0.140. The number of aromatic amines is 1. The number of amides is 1. The molecule has 1 fully saturated rings. The van der Waals surface area contributed by atoms with Crippen molar-refractivity contribution in [1.29, 1.82) is 0 Å². The van der Waals surface area contributed by atoms with Crippen LogP contribution in [0.25, 0.3) is 0 Å². The lowest BCUT2D eigenvalue weighted by Crippen LogP contribution is -2.41. The number of esters is 1. The van der Waals surface area contributed by atoms with E-state index in [4.69, 9.17) is 4.74 Å². The van der Waals surface area contributed by atoms with Gasteiger partial charge in [0.1, 0.15) is 5.56 Å². The van der Waals surface area contributed by atoms with Gasteiger partial charge in [-0.3, -0.25) is 14.4 Å². The fraction of sp³-hybridized carbons (Fsp3) is 0.562. The molecule has 1 saturated heterocycles. The van der Waals surface area contributed by atoms with Gasteiger partial charge in [-0.1, -0.05) is 0 Å². The van der Waals surface area contributed by atoms with E-state index in [2.05, 4.69) is 9.72 Å². The molecule has 1 aliphatic heterocycles. The van der Waals surface area contributed by atoms with Crippen molar-refractivity contribution in [3.63, 3.8) is 0 Å². The molecule has 126 valence electrons. The van der Waals surface area contributed by atoms with Crippen LogP contribution in [-0.4, -0.2) is 54.7 Å². The molecule has 2 heterocycles. The highest BCUT2D eigenvalue weighted by atomic mass is 16.5. The number of nitrogens with zero attached hydrogens (tertiary/aromatic N) is 1. The summed E-state index contributed by atoms with van der Waals surface area (Å²) in [6.45, 7) is 2.98. The molecule has 7 nitrogen and oxygen atoms in total. The molecule has 0 aromatic carbocycles. The van der Waals surface area contributed by atoms with E-state index in [-0.39, 0.29) is 24.6 Å². The Balaban J connectivity index is 2.14. The fourth-order valence-electron chi connectivity index (χ4n) is 2.55. The summed E-state index contributed by atoms with van der Waals surface area (Å²) in [5.41, 5.74) is 0.329. The Kier molecular flexibility index (Phi) is 5.92. The Bertz CT molecular complexity index is 619. The fourth-order valence-corrected chi connectivity index (χ4v) is 2.55. The van der Waals surface area contributed by atoms with Crippen molar-refractivity contribution in [2.45, 2.75) is 32.3 Å². The van der Waals surface area contributed by atoms with Crippen LogP contribution >= 0.6 is 0 Å². The van der Waals surface area contributed by atoms with Crippen LogP contribution < -0.4 is 5.56 Å². The summed E-state index contributed by atoms with van der Waals surface area (Å²) in [5, 5.41) is 0. The maximum atomic E-state index is 12.7. The molecule has 1 N–H and O–H groups in total. The molecule has 1 amide bonds. The SMILES string of the molecule is COC(=O)CCN(C[C@@H]1CCCO1)C(=O)c1ccc(C)[nH]c1=O. The van der Waals surface area contributed by atoms with Gasteiger partial charge in [-0.25, -0.2) is 0 Å². The average Bonchev–Trinajstić information content (AvgIpc) is 3.03. The number of ether oxygens (including phenoxy) is 2. The number of methoxy groups -OCH3 is 1. The zero-order valence-electron chi connectivity index (χ0n) is 13.5. The highest BCUT2D eigenvalue weighted by molar-refractivity contribution is 5.94. The number of H-pyrrole nitrogens is 1. The number of hydrogen-bond acceptors (Lipinski definition) is 5. The molecular weight excluding hydrogens is 300 g/mol. The van der Waals surface area contributed by atoms with Gasteiger partial charge >= 0.3 is 5.97 Å². The van der Waals surface area contributed by atoms with Crippen LogP contribution in [0, 0.1) is 6.92 Å². The van der Waals surface area contributed by atoms with E-state index in [1.807, 2.05) is 0 Å². The normalized spacial score (nSPS) is 17.0. The predicted molar refractivity (Wildman–Crippen MR) is 83.3 cm³/mol. The van der Waals surface area contributed by atoms with Gasteiger partial charge in [-0.2, -0.15) is 0 Å². The lowest BCUT2D eigenvalue weighted by atomic mass is 10.1. The molecule has 1 aliphatic rings. The second-order valence-electron chi connectivity index (χ2n) is 5.60. The van der Waals surface area contributed by atoms with Crippen LogP contribution in [0.5, 0.6) is 0 Å². The number of carbonyl (C=O) groups is 2. The molecule has 7 heteroatoms. The molecule has 0 spiro atoms. The van der Waals surface area contributed by atoms with Gasteiger partial charge in [0.05, 0.1) is 19.6 Å². The van der Waals surface area contributed by atoms with E-state index >= 15 is 0 Å². The minimum atomic E-state index is -0.426. The molecule has 23 heavy (non-hydrogen) atoms. The number of rotatable bonds is 6. The first-order valence-electron chi connectivity index (χ1n) is 7.69. The van der Waals surface area contributed by atoms with Crippen molar-refractivity contribution in [3.8, 4) is 0 Å². The standard InChI is InChI=1S/C16H22N2O5/c1-11-5-6-13(15(20)17-11)16(21)18(8-7-14(19)22-2)10-12-4-3-9-23-12/h5-6,12H,3-4,7-10H2,1-2H3,(H,17,20)/t12-/m0/s1. The van der Waals surface area contributed by atoms with Crippen LogP contribution in [0.4, 0.5) is 0 Å². The summed E-state index contributed by atoms with van der Waals surface area (Å²) in [5.74, 6) is -0.793. The molecule has 0 unspecified atom stereocenters. The Morgan fingerprint density at radius 3 is 2.83 bits per heavy atom. The first kappa shape index (κ1) is 17.2. The second kappa shape index (κ2) is 7.92. The number of nitrogens with one attached hydrogen (secondary N) is 1. The van der Waals surface area contributed by atoms with Gasteiger partial charge in [0, 0.05) is 25.4 Å². The van der Waals surface area contributed by atoms with Gasteiger partial charge in [0.2, 0.25) is 0 Å². The number of aryl methyl sites for hydroxylation is 1. The summed E-state index contributed by atoms with van der Waals surface area (Å²) < 4.78 is 10.2. The lowest BCUT2D eigenvalue weighted by Gasteiger charge is -2.25. The Labute approximate surface area is 134 Å². The van der Waals surface area contributed by atoms with Crippen molar-refractivity contribution in [3.05, 3.63) is 33.7 Å². The largest absolute Gasteiger partial charge is 0.469 e. The van der Waals surface area contributed by atoms with Crippen molar-refractivity contribution in [2.24, 2.45) is 0 Å². The third-order valence-corrected chi connectivity index (χ3v) is 3.83. The summed E-state index contributed by atoms with van der Waals surface area (Å²) >= 11 is 0. The molecule has 1 atom stereocenters. The van der Waals surface area contributed by atoms with Crippen molar-refractivity contribution < 1.29 is 19.1 Å². The van der Waals surface area contributed by atoms with Crippen molar-refractivity contribution >= 4 is 11.9 Å². The van der Waals surface area contributed by atoms with E-state index in [1.54, 1.807) is 13.0 Å². The smallest absolute Gasteiger partial charge is 0.307 e. The van der Waals surface area contributed by atoms with Crippen molar-refractivity contribution in [1.82, 2.24) is 9.88 Å². The topological polar surface area (TPSA) is 88.7 Å². The van der Waals surface area contributed by atoms with Gasteiger partial charge in [0.15, 0.2) is 0 Å². The third-order valence-electron chi connectivity index (χ3n) is 3.83. The molecule has 1 aromatic rings. The highest BCUT2D eigenvalue weighted by Gasteiger charge is 2.25. The zero-order valence-corrected chi connectivity index (χ0v) is 13.5. The predicted octanol–water partition coefficient (Wildman–Crippen LogP) is 0.868. The van der Waals surface area contributed by atoms with Gasteiger partial charge in [0.25, 0.3) is 11.5 Å². The summed E-state index contributed by atoms with van der Waals surface area (Å²) in [6.07, 6.45) is 1.85. The van der Waals surface area contributed by atoms with Gasteiger partial charge in [-0.15, -0.1) is 0 Å². The Hall–Kier alpha value is -2.15. The van der Waals surface area contributed by atoms with E-state index in [9.17, 15) is 14.4 Å². The maximum Gasteiger partial charge on any atom is 0.307 e. The van der Waals surface area contributed by atoms with Crippen LogP contribution in [0.15, 0.2) is 16.9 Å². The number of aromatic nitrogens is 1. The van der Waals surface area contributed by atoms with Crippen LogP contribution in [-0.2, 0) is 14.3 Å². The first-order valence-corrected chi connectivity index (χ1v) is 7.69. The first-order chi connectivity index (χ1) is 11.0.